The molecule has 1 fully saturated rings. The van der Waals surface area contributed by atoms with E-state index in [1.165, 1.54) is 0 Å². The molecule has 0 radical (unpaired) electrons. The Balaban J connectivity index is 2.11. The van der Waals surface area contributed by atoms with Crippen LogP contribution in [0.5, 0.6) is 0 Å². The molecular weight excluding hydrogens is 240 g/mol. The van der Waals surface area contributed by atoms with Crippen LogP contribution in [-0.2, 0) is 10.3 Å². The van der Waals surface area contributed by atoms with Gasteiger partial charge >= 0.3 is 6.09 Å². The number of anilines is 1. The summed E-state index contributed by atoms with van der Waals surface area (Å²) in [5.74, 6) is 0. The fourth-order valence-corrected chi connectivity index (χ4v) is 2.32. The normalized spacial score (nSPS) is 17.4. The number of nitrogens with two attached hydrogens (primary N) is 1. The zero-order valence-corrected chi connectivity index (χ0v) is 11.8. The van der Waals surface area contributed by atoms with Gasteiger partial charge in [0.25, 0.3) is 0 Å². The molecule has 0 spiro atoms. The first kappa shape index (κ1) is 13.7. The molecule has 0 bridgehead atoms. The zero-order chi connectivity index (χ0) is 14.1. The first-order valence-electron chi connectivity index (χ1n) is 6.68. The topological polar surface area (TPSA) is 64.3 Å². The second-order valence-corrected chi connectivity index (χ2v) is 6.18. The Bertz CT molecular complexity index is 456. The molecule has 0 aliphatic heterocycles. The average molecular weight is 262 g/mol. The van der Waals surface area contributed by atoms with E-state index >= 15 is 0 Å². The van der Waals surface area contributed by atoms with E-state index in [-0.39, 0.29) is 11.6 Å². The Morgan fingerprint density at radius 2 is 1.84 bits per heavy atom. The maximum absolute atomic E-state index is 11.9. The fourth-order valence-electron chi connectivity index (χ4n) is 2.32. The van der Waals surface area contributed by atoms with Crippen molar-refractivity contribution in [2.24, 2.45) is 0 Å². The number of alkyl carbamates (subject to hydrolysis) is 1. The molecular formula is C15H22N2O2. The molecule has 1 amide bonds. The quantitative estimate of drug-likeness (QED) is 0.805. The van der Waals surface area contributed by atoms with E-state index in [1.54, 1.807) is 0 Å². The highest BCUT2D eigenvalue weighted by Gasteiger charge is 2.41. The van der Waals surface area contributed by atoms with Gasteiger partial charge in [-0.3, -0.25) is 0 Å². The van der Waals surface area contributed by atoms with Crippen molar-refractivity contribution < 1.29 is 9.53 Å². The first-order chi connectivity index (χ1) is 8.81. The van der Waals surface area contributed by atoms with E-state index < -0.39 is 5.60 Å². The third kappa shape index (κ3) is 3.19. The predicted molar refractivity (Wildman–Crippen MR) is 75.8 cm³/mol. The third-order valence-electron chi connectivity index (χ3n) is 3.41. The summed E-state index contributed by atoms with van der Waals surface area (Å²) in [5, 5.41) is 3.02. The lowest BCUT2D eigenvalue weighted by molar-refractivity contribution is 0.0377. The molecule has 104 valence electrons. The van der Waals surface area contributed by atoms with Gasteiger partial charge in [0.2, 0.25) is 0 Å². The second kappa shape index (κ2) is 4.76. The maximum atomic E-state index is 11.9. The van der Waals surface area contributed by atoms with E-state index in [1.807, 2.05) is 45.0 Å². The lowest BCUT2D eigenvalue weighted by Crippen LogP contribution is -2.52. The molecule has 0 aromatic heterocycles. The van der Waals surface area contributed by atoms with Gasteiger partial charge in [0.15, 0.2) is 0 Å². The minimum atomic E-state index is -0.476. The van der Waals surface area contributed by atoms with Gasteiger partial charge in [-0.15, -0.1) is 0 Å². The number of benzene rings is 1. The van der Waals surface area contributed by atoms with Crippen molar-refractivity contribution in [3.8, 4) is 0 Å². The van der Waals surface area contributed by atoms with Gasteiger partial charge in [0.1, 0.15) is 5.60 Å². The van der Waals surface area contributed by atoms with Crippen LogP contribution in [0.3, 0.4) is 0 Å². The van der Waals surface area contributed by atoms with Gasteiger partial charge in [0, 0.05) is 5.69 Å². The molecule has 1 saturated carbocycles. The van der Waals surface area contributed by atoms with Crippen molar-refractivity contribution >= 4 is 11.8 Å². The van der Waals surface area contributed by atoms with Crippen LogP contribution in [0.4, 0.5) is 10.5 Å². The van der Waals surface area contributed by atoms with Gasteiger partial charge in [-0.1, -0.05) is 12.1 Å². The van der Waals surface area contributed by atoms with Gasteiger partial charge in [-0.25, -0.2) is 4.79 Å². The van der Waals surface area contributed by atoms with Crippen LogP contribution in [0.25, 0.3) is 0 Å². The Labute approximate surface area is 114 Å². The number of rotatable bonds is 2. The van der Waals surface area contributed by atoms with Crippen molar-refractivity contribution in [3.05, 3.63) is 29.8 Å². The van der Waals surface area contributed by atoms with Crippen LogP contribution in [0.1, 0.15) is 45.6 Å². The van der Waals surface area contributed by atoms with Crippen LogP contribution in [0, 0.1) is 0 Å². The Morgan fingerprint density at radius 1 is 1.26 bits per heavy atom. The first-order valence-corrected chi connectivity index (χ1v) is 6.68. The molecule has 0 unspecified atom stereocenters. The Hall–Kier alpha value is -1.71. The number of carbonyl (C=O) groups is 1. The number of nitrogen functional groups attached to an aromatic ring is 1. The second-order valence-electron chi connectivity index (χ2n) is 6.18. The van der Waals surface area contributed by atoms with Crippen LogP contribution < -0.4 is 11.1 Å². The van der Waals surface area contributed by atoms with E-state index in [9.17, 15) is 4.79 Å². The lowest BCUT2D eigenvalue weighted by Gasteiger charge is -2.43. The van der Waals surface area contributed by atoms with Crippen molar-refractivity contribution in [2.75, 3.05) is 5.73 Å². The zero-order valence-electron chi connectivity index (χ0n) is 11.8. The minimum Gasteiger partial charge on any atom is -0.444 e. The molecule has 4 heteroatoms. The average Bonchev–Trinajstić information content (AvgIpc) is 2.22. The summed E-state index contributed by atoms with van der Waals surface area (Å²) in [5.41, 5.74) is 6.77. The molecule has 2 rings (SSSR count). The molecule has 1 aromatic carbocycles. The van der Waals surface area contributed by atoms with E-state index in [0.717, 1.165) is 30.5 Å². The summed E-state index contributed by atoms with van der Waals surface area (Å²) in [6.45, 7) is 5.59. The van der Waals surface area contributed by atoms with Crippen LogP contribution >= 0.6 is 0 Å². The molecule has 1 aromatic rings. The van der Waals surface area contributed by atoms with Crippen LogP contribution in [-0.4, -0.2) is 11.7 Å². The van der Waals surface area contributed by atoms with Crippen LogP contribution in [0.2, 0.25) is 0 Å². The molecule has 0 atom stereocenters. The van der Waals surface area contributed by atoms with Crippen molar-refractivity contribution in [1.29, 1.82) is 0 Å². The summed E-state index contributed by atoms with van der Waals surface area (Å²) in [6.07, 6.45) is 2.64. The molecule has 0 heterocycles. The number of carbonyl (C=O) groups excluding carboxylic acids is 1. The number of nitrogens with one attached hydrogen (secondary N) is 1. The van der Waals surface area contributed by atoms with Crippen molar-refractivity contribution in [3.63, 3.8) is 0 Å². The van der Waals surface area contributed by atoms with Crippen molar-refractivity contribution in [2.45, 2.75) is 51.2 Å². The van der Waals surface area contributed by atoms with Gasteiger partial charge in [-0.2, -0.15) is 0 Å². The number of amides is 1. The summed E-state index contributed by atoms with van der Waals surface area (Å²) in [7, 11) is 0. The van der Waals surface area contributed by atoms with E-state index in [2.05, 4.69) is 5.32 Å². The molecule has 3 N–H and O–H groups in total. The highest BCUT2D eigenvalue weighted by molar-refractivity contribution is 5.69. The van der Waals surface area contributed by atoms with Gasteiger partial charge < -0.3 is 15.8 Å². The third-order valence-corrected chi connectivity index (χ3v) is 3.41. The smallest absolute Gasteiger partial charge is 0.408 e. The Kier molecular flexibility index (Phi) is 3.43. The summed E-state index contributed by atoms with van der Waals surface area (Å²) >= 11 is 0. The lowest BCUT2D eigenvalue weighted by atomic mass is 9.72. The number of hydrogen-bond donors (Lipinski definition) is 2. The van der Waals surface area contributed by atoms with Gasteiger partial charge in [-0.05, 0) is 57.7 Å². The highest BCUT2D eigenvalue weighted by atomic mass is 16.6. The molecule has 4 nitrogen and oxygen atoms in total. The molecule has 0 saturated heterocycles. The summed E-state index contributed by atoms with van der Waals surface area (Å²) in [6, 6.07) is 7.69. The summed E-state index contributed by atoms with van der Waals surface area (Å²) in [4.78, 5) is 11.9. The van der Waals surface area contributed by atoms with Crippen LogP contribution in [0.15, 0.2) is 24.3 Å². The largest absolute Gasteiger partial charge is 0.444 e. The van der Waals surface area contributed by atoms with E-state index in [4.69, 9.17) is 10.5 Å². The number of ether oxygens (including phenoxy) is 1. The minimum absolute atomic E-state index is 0.282. The molecule has 19 heavy (non-hydrogen) atoms. The Morgan fingerprint density at radius 3 is 2.26 bits per heavy atom. The molecule has 1 aliphatic carbocycles. The summed E-state index contributed by atoms with van der Waals surface area (Å²) < 4.78 is 5.34. The number of hydrogen-bond acceptors (Lipinski definition) is 3. The highest BCUT2D eigenvalue weighted by Crippen LogP contribution is 2.41. The monoisotopic (exact) mass is 262 g/mol. The maximum Gasteiger partial charge on any atom is 0.408 e. The van der Waals surface area contributed by atoms with Gasteiger partial charge in [0.05, 0.1) is 5.54 Å². The van der Waals surface area contributed by atoms with Crippen molar-refractivity contribution in [1.82, 2.24) is 5.32 Å². The predicted octanol–water partition coefficient (Wildman–Crippen LogP) is 3.17. The SMILES string of the molecule is CC(C)(C)OC(=O)NC1(c2ccc(N)cc2)CCC1. The fraction of sp³-hybridized carbons (Fsp3) is 0.533. The van der Waals surface area contributed by atoms with E-state index in [0.29, 0.717) is 0 Å². The standard InChI is InChI=1S/C15H22N2O2/c1-14(2,3)19-13(18)17-15(9-4-10-15)11-5-7-12(16)8-6-11/h5-8H,4,9-10,16H2,1-3H3,(H,17,18). The molecule has 1 aliphatic rings.